The lowest BCUT2D eigenvalue weighted by molar-refractivity contribution is 0.308. The van der Waals surface area contributed by atoms with Gasteiger partial charge in [0.2, 0.25) is 0 Å². The van der Waals surface area contributed by atoms with Gasteiger partial charge in [0.05, 0.1) is 7.11 Å². The van der Waals surface area contributed by atoms with Gasteiger partial charge >= 0.3 is 0 Å². The molecule has 0 saturated heterocycles. The van der Waals surface area contributed by atoms with Gasteiger partial charge in [-0.3, -0.25) is 0 Å². The molecule has 0 aliphatic carbocycles. The van der Waals surface area contributed by atoms with E-state index in [1.54, 1.807) is 7.11 Å². The van der Waals surface area contributed by atoms with Crippen LogP contribution < -0.4 is 9.47 Å². The van der Waals surface area contributed by atoms with Gasteiger partial charge in [-0.2, -0.15) is 0 Å². The summed E-state index contributed by atoms with van der Waals surface area (Å²) in [7, 11) is 1.73. The molecule has 0 aliphatic heterocycles. The lowest BCUT2D eigenvalue weighted by Gasteiger charge is -2.19. The summed E-state index contributed by atoms with van der Waals surface area (Å²) in [5.41, 5.74) is 5.63. The minimum absolute atomic E-state index is 0.497. The summed E-state index contributed by atoms with van der Waals surface area (Å²) < 4.78 is 12.4. The molecule has 2 heteroatoms. The van der Waals surface area contributed by atoms with Crippen LogP contribution in [-0.4, -0.2) is 7.11 Å². The van der Waals surface area contributed by atoms with Crippen LogP contribution in [-0.2, 0) is 6.61 Å². The normalized spacial score (nSPS) is 11.0. The van der Waals surface area contributed by atoms with E-state index in [4.69, 9.17) is 9.47 Å². The summed E-state index contributed by atoms with van der Waals surface area (Å²) in [6, 6.07) is 44.3. The Hall–Kier alpha value is -4.56. The number of hydrogen-bond donors (Lipinski definition) is 0. The van der Waals surface area contributed by atoms with Crippen LogP contribution in [0, 0.1) is 0 Å². The molecule has 174 valence electrons. The van der Waals surface area contributed by atoms with Crippen LogP contribution in [0.25, 0.3) is 43.8 Å². The van der Waals surface area contributed by atoms with Crippen molar-refractivity contribution in [1.82, 2.24) is 0 Å². The molecule has 2 nitrogen and oxygen atoms in total. The van der Waals surface area contributed by atoms with Crippen LogP contribution in [0.4, 0.5) is 0 Å². The van der Waals surface area contributed by atoms with Crippen LogP contribution >= 0.6 is 0 Å². The highest BCUT2D eigenvalue weighted by molar-refractivity contribution is 6.10. The quantitative estimate of drug-likeness (QED) is 0.244. The van der Waals surface area contributed by atoms with E-state index in [1.165, 1.54) is 16.5 Å². The first-order valence-electron chi connectivity index (χ1n) is 12.2. The van der Waals surface area contributed by atoms with Gasteiger partial charge in [-0.25, -0.2) is 0 Å². The summed E-state index contributed by atoms with van der Waals surface area (Å²) in [6.07, 6.45) is 0. The van der Waals surface area contributed by atoms with E-state index in [-0.39, 0.29) is 0 Å². The fraction of sp³-hybridized carbons (Fsp3) is 0.0588. The van der Waals surface area contributed by atoms with Crippen LogP contribution in [0.5, 0.6) is 11.5 Å². The van der Waals surface area contributed by atoms with Gasteiger partial charge in [0.1, 0.15) is 18.1 Å². The predicted octanol–water partition coefficient (Wildman–Crippen LogP) is 8.91. The maximum absolute atomic E-state index is 6.47. The van der Waals surface area contributed by atoms with E-state index in [1.807, 2.05) is 24.3 Å². The van der Waals surface area contributed by atoms with Crippen LogP contribution in [0.3, 0.4) is 0 Å². The molecule has 6 aromatic carbocycles. The molecule has 6 aromatic rings. The van der Waals surface area contributed by atoms with Crippen molar-refractivity contribution in [3.63, 3.8) is 0 Å². The van der Waals surface area contributed by atoms with E-state index in [2.05, 4.69) is 103 Å². The van der Waals surface area contributed by atoms with Crippen molar-refractivity contribution in [1.29, 1.82) is 0 Å². The second-order valence-corrected chi connectivity index (χ2v) is 8.88. The molecule has 36 heavy (non-hydrogen) atoms. The fourth-order valence-electron chi connectivity index (χ4n) is 4.91. The summed E-state index contributed by atoms with van der Waals surface area (Å²) in [5, 5.41) is 4.60. The molecule has 0 aromatic heterocycles. The maximum atomic E-state index is 6.47. The van der Waals surface area contributed by atoms with Gasteiger partial charge in [-0.15, -0.1) is 0 Å². The number of ether oxygens (including phenoxy) is 2. The van der Waals surface area contributed by atoms with E-state index < -0.39 is 0 Å². The molecular formula is C34H26O2. The maximum Gasteiger partial charge on any atom is 0.128 e. The predicted molar refractivity (Wildman–Crippen MR) is 150 cm³/mol. The third-order valence-electron chi connectivity index (χ3n) is 6.69. The minimum Gasteiger partial charge on any atom is -0.496 e. The van der Waals surface area contributed by atoms with Crippen molar-refractivity contribution in [2.24, 2.45) is 0 Å². The molecule has 0 atom stereocenters. The Balaban J connectivity index is 1.57. The number of hydrogen-bond acceptors (Lipinski definition) is 2. The topological polar surface area (TPSA) is 18.5 Å². The Kier molecular flexibility index (Phi) is 5.85. The van der Waals surface area contributed by atoms with Gasteiger partial charge < -0.3 is 9.47 Å². The third kappa shape index (κ3) is 4.08. The van der Waals surface area contributed by atoms with Gasteiger partial charge in [-0.1, -0.05) is 109 Å². The van der Waals surface area contributed by atoms with Crippen LogP contribution in [0.2, 0.25) is 0 Å². The first-order chi connectivity index (χ1) is 17.8. The number of methoxy groups -OCH3 is 1. The smallest absolute Gasteiger partial charge is 0.128 e. The zero-order chi connectivity index (χ0) is 24.3. The molecule has 0 heterocycles. The average Bonchev–Trinajstić information content (AvgIpc) is 2.96. The first kappa shape index (κ1) is 21.9. The molecule has 0 fully saturated rings. The van der Waals surface area contributed by atoms with Crippen molar-refractivity contribution >= 4 is 21.5 Å². The Morgan fingerprint density at radius 3 is 1.94 bits per heavy atom. The molecule has 0 spiro atoms. The van der Waals surface area contributed by atoms with E-state index >= 15 is 0 Å². The Morgan fingerprint density at radius 1 is 0.500 bits per heavy atom. The van der Waals surface area contributed by atoms with Gasteiger partial charge in [0.15, 0.2) is 0 Å². The highest BCUT2D eigenvalue weighted by Gasteiger charge is 2.19. The van der Waals surface area contributed by atoms with Crippen molar-refractivity contribution in [2.75, 3.05) is 7.11 Å². The fourth-order valence-corrected chi connectivity index (χ4v) is 4.91. The van der Waals surface area contributed by atoms with Crippen molar-refractivity contribution in [2.45, 2.75) is 6.61 Å². The SMILES string of the molecule is COc1ccc2cc(-c3ccccc3)ccc2c1-c1c(OCc2ccccc2)ccc2ccccc12. The van der Waals surface area contributed by atoms with E-state index in [0.717, 1.165) is 44.3 Å². The van der Waals surface area contributed by atoms with Gasteiger partial charge in [-0.05, 0) is 56.4 Å². The average molecular weight is 467 g/mol. The third-order valence-corrected chi connectivity index (χ3v) is 6.69. The summed E-state index contributed by atoms with van der Waals surface area (Å²) in [4.78, 5) is 0. The van der Waals surface area contributed by atoms with Gasteiger partial charge in [0, 0.05) is 11.1 Å². The number of fused-ring (bicyclic) bond motifs is 2. The van der Waals surface area contributed by atoms with Crippen molar-refractivity contribution in [3.8, 4) is 33.8 Å². The van der Waals surface area contributed by atoms with Gasteiger partial charge in [0.25, 0.3) is 0 Å². The molecule has 0 bridgehead atoms. The molecule has 6 rings (SSSR count). The molecule has 0 amide bonds. The highest BCUT2D eigenvalue weighted by Crippen LogP contribution is 2.46. The Bertz CT molecular complexity index is 1650. The van der Waals surface area contributed by atoms with E-state index in [0.29, 0.717) is 6.61 Å². The largest absolute Gasteiger partial charge is 0.496 e. The van der Waals surface area contributed by atoms with E-state index in [9.17, 15) is 0 Å². The molecule has 0 radical (unpaired) electrons. The second-order valence-electron chi connectivity index (χ2n) is 8.88. The summed E-state index contributed by atoms with van der Waals surface area (Å²) in [5.74, 6) is 1.67. The Morgan fingerprint density at radius 2 is 1.14 bits per heavy atom. The van der Waals surface area contributed by atoms with Crippen molar-refractivity contribution < 1.29 is 9.47 Å². The number of rotatable bonds is 6. The molecule has 0 aliphatic rings. The zero-order valence-electron chi connectivity index (χ0n) is 20.1. The zero-order valence-corrected chi connectivity index (χ0v) is 20.1. The lowest BCUT2D eigenvalue weighted by atomic mass is 9.91. The monoisotopic (exact) mass is 466 g/mol. The second kappa shape index (κ2) is 9.59. The first-order valence-corrected chi connectivity index (χ1v) is 12.2. The Labute approximate surface area is 211 Å². The molecule has 0 saturated carbocycles. The molecule has 0 N–H and O–H groups in total. The summed E-state index contributed by atoms with van der Waals surface area (Å²) >= 11 is 0. The molecule has 0 unspecified atom stereocenters. The minimum atomic E-state index is 0.497. The molecular weight excluding hydrogens is 440 g/mol. The van der Waals surface area contributed by atoms with Crippen LogP contribution in [0.15, 0.2) is 127 Å². The number of benzene rings is 6. The summed E-state index contributed by atoms with van der Waals surface area (Å²) in [6.45, 7) is 0.497. The highest BCUT2D eigenvalue weighted by atomic mass is 16.5. The lowest BCUT2D eigenvalue weighted by Crippen LogP contribution is -1.99. The van der Waals surface area contributed by atoms with Crippen molar-refractivity contribution in [3.05, 3.63) is 133 Å². The van der Waals surface area contributed by atoms with Crippen LogP contribution in [0.1, 0.15) is 5.56 Å². The standard InChI is InChI=1S/C34H26O2/c1-35-31-20-18-28-22-27(25-12-6-3-7-13-25)16-19-30(28)33(31)34-29-15-9-8-14-26(29)17-21-32(34)36-23-24-10-4-2-5-11-24/h2-22H,23H2,1H3.